The fourth-order valence-electron chi connectivity index (χ4n) is 3.53. The first-order chi connectivity index (χ1) is 12.7. The Kier molecular flexibility index (Phi) is 4.13. The number of hydrogen-bond acceptors (Lipinski definition) is 3. The van der Waals surface area contributed by atoms with Gasteiger partial charge in [-0.15, -0.1) is 0 Å². The average Bonchev–Trinajstić information content (AvgIpc) is 3.27. The normalized spacial score (nSPS) is 12.4. The highest BCUT2D eigenvalue weighted by atomic mass is 16.5. The number of aromatic nitrogens is 3. The van der Waals surface area contributed by atoms with E-state index in [9.17, 15) is 5.11 Å². The van der Waals surface area contributed by atoms with E-state index in [2.05, 4.69) is 33.6 Å². The molecule has 0 aliphatic rings. The molecule has 4 rings (SSSR count). The zero-order valence-electron chi connectivity index (χ0n) is 14.8. The van der Waals surface area contributed by atoms with Gasteiger partial charge in [0.15, 0.2) is 11.5 Å². The van der Waals surface area contributed by atoms with E-state index >= 15 is 0 Å². The number of phenolic OH excluding ortho intramolecular Hbond substituents is 1. The summed E-state index contributed by atoms with van der Waals surface area (Å²) in [5.74, 6) is 0.642. The quantitative estimate of drug-likeness (QED) is 0.562. The lowest BCUT2D eigenvalue weighted by Gasteiger charge is -2.21. The van der Waals surface area contributed by atoms with Crippen molar-refractivity contribution in [2.45, 2.75) is 19.9 Å². The van der Waals surface area contributed by atoms with Gasteiger partial charge < -0.3 is 19.4 Å². The van der Waals surface area contributed by atoms with Crippen molar-refractivity contribution in [3.63, 3.8) is 0 Å². The maximum atomic E-state index is 10.1. The molecule has 0 bridgehead atoms. The molecule has 0 aliphatic heterocycles. The Bertz CT molecular complexity index is 1030. The van der Waals surface area contributed by atoms with Gasteiger partial charge in [-0.3, -0.25) is 0 Å². The molecule has 0 saturated carbocycles. The van der Waals surface area contributed by atoms with Gasteiger partial charge >= 0.3 is 0 Å². The van der Waals surface area contributed by atoms with Crippen molar-refractivity contribution in [2.24, 2.45) is 0 Å². The smallest absolute Gasteiger partial charge is 0.161 e. The van der Waals surface area contributed by atoms with Gasteiger partial charge in [0.05, 0.1) is 19.0 Å². The van der Waals surface area contributed by atoms with Crippen LogP contribution in [-0.2, 0) is 0 Å². The number of nitrogens with one attached hydrogen (secondary N) is 1. The van der Waals surface area contributed by atoms with Gasteiger partial charge in [0.1, 0.15) is 0 Å². The third-order valence-corrected chi connectivity index (χ3v) is 4.64. The van der Waals surface area contributed by atoms with Crippen molar-refractivity contribution in [3.05, 3.63) is 78.0 Å². The third-order valence-electron chi connectivity index (χ3n) is 4.64. The molecule has 1 atom stereocenters. The van der Waals surface area contributed by atoms with E-state index in [-0.39, 0.29) is 11.8 Å². The minimum Gasteiger partial charge on any atom is -0.504 e. The van der Waals surface area contributed by atoms with Gasteiger partial charge in [-0.25, -0.2) is 4.98 Å². The van der Waals surface area contributed by atoms with Crippen molar-refractivity contribution < 1.29 is 9.84 Å². The average molecular weight is 347 g/mol. The van der Waals surface area contributed by atoms with Crippen molar-refractivity contribution in [1.82, 2.24) is 14.5 Å². The van der Waals surface area contributed by atoms with Crippen molar-refractivity contribution in [1.29, 1.82) is 0 Å². The monoisotopic (exact) mass is 347 g/mol. The van der Waals surface area contributed by atoms with Crippen LogP contribution in [0.5, 0.6) is 11.5 Å². The Morgan fingerprint density at radius 1 is 1.23 bits per heavy atom. The topological polar surface area (TPSA) is 63.1 Å². The lowest BCUT2D eigenvalue weighted by atomic mass is 9.95. The molecule has 5 heteroatoms. The zero-order valence-corrected chi connectivity index (χ0v) is 14.8. The van der Waals surface area contributed by atoms with Crippen LogP contribution >= 0.6 is 0 Å². The number of aromatic amines is 1. The fourth-order valence-corrected chi connectivity index (χ4v) is 3.53. The summed E-state index contributed by atoms with van der Waals surface area (Å²) in [5, 5.41) is 11.3. The summed E-state index contributed by atoms with van der Waals surface area (Å²) in [4.78, 5) is 7.71. The molecular weight excluding hydrogens is 326 g/mol. The Hall–Kier alpha value is -3.21. The number of aryl methyl sites for hydroxylation is 1. The first kappa shape index (κ1) is 16.3. The minimum absolute atomic E-state index is 0.0755. The molecule has 0 amide bonds. The number of phenols is 1. The van der Waals surface area contributed by atoms with E-state index in [1.165, 1.54) is 10.9 Å². The molecule has 132 valence electrons. The summed E-state index contributed by atoms with van der Waals surface area (Å²) in [6.07, 6.45) is 5.55. The predicted octanol–water partition coefficient (Wildman–Crippen LogP) is 4.41. The van der Waals surface area contributed by atoms with Crippen LogP contribution in [0.4, 0.5) is 0 Å². The standard InChI is InChI=1S/C21H21N3O2/c1-3-26-19-12-15(8-9-18(19)25)21(24-11-10-22-13-24)20-14(2)23-17-7-5-4-6-16(17)20/h4-13,21,23,25H,3H2,1-2H3. The van der Waals surface area contributed by atoms with Crippen LogP contribution in [0.1, 0.15) is 29.8 Å². The first-order valence-corrected chi connectivity index (χ1v) is 8.69. The Balaban J connectivity index is 1.94. The van der Waals surface area contributed by atoms with Crippen LogP contribution in [0.2, 0.25) is 0 Å². The van der Waals surface area contributed by atoms with E-state index in [1.54, 1.807) is 12.3 Å². The zero-order chi connectivity index (χ0) is 18.1. The number of hydrogen-bond donors (Lipinski definition) is 2. The van der Waals surface area contributed by atoms with Crippen LogP contribution in [0.15, 0.2) is 61.2 Å². The molecule has 4 aromatic rings. The second-order valence-electron chi connectivity index (χ2n) is 6.28. The lowest BCUT2D eigenvalue weighted by Crippen LogP contribution is -2.12. The lowest BCUT2D eigenvalue weighted by molar-refractivity contribution is 0.317. The van der Waals surface area contributed by atoms with Gasteiger partial charge in [0.25, 0.3) is 0 Å². The number of rotatable bonds is 5. The molecule has 2 heterocycles. The van der Waals surface area contributed by atoms with Crippen LogP contribution in [0, 0.1) is 6.92 Å². The number of ether oxygens (including phenoxy) is 1. The highest BCUT2D eigenvalue weighted by Crippen LogP contribution is 2.38. The molecule has 2 aromatic carbocycles. The number of benzene rings is 2. The Morgan fingerprint density at radius 2 is 2.08 bits per heavy atom. The van der Waals surface area contributed by atoms with Gasteiger partial charge in [-0.05, 0) is 37.6 Å². The molecule has 0 saturated heterocycles. The van der Waals surface area contributed by atoms with Crippen molar-refractivity contribution >= 4 is 10.9 Å². The molecule has 2 aromatic heterocycles. The minimum atomic E-state index is -0.0755. The Morgan fingerprint density at radius 3 is 2.85 bits per heavy atom. The largest absolute Gasteiger partial charge is 0.504 e. The molecule has 0 aliphatic carbocycles. The van der Waals surface area contributed by atoms with E-state index in [4.69, 9.17) is 4.74 Å². The molecule has 0 spiro atoms. The molecule has 5 nitrogen and oxygen atoms in total. The van der Waals surface area contributed by atoms with E-state index < -0.39 is 0 Å². The molecule has 26 heavy (non-hydrogen) atoms. The highest BCUT2D eigenvalue weighted by Gasteiger charge is 2.23. The summed E-state index contributed by atoms with van der Waals surface area (Å²) in [7, 11) is 0. The SMILES string of the molecule is CCOc1cc(C(c2c(C)[nH]c3ccccc23)n2ccnc2)ccc1O. The molecule has 0 radical (unpaired) electrons. The Labute approximate surface area is 151 Å². The second kappa shape index (κ2) is 6.59. The number of aromatic hydroxyl groups is 1. The van der Waals surface area contributed by atoms with Crippen molar-refractivity contribution in [2.75, 3.05) is 6.61 Å². The number of fused-ring (bicyclic) bond motifs is 1. The number of H-pyrrole nitrogens is 1. The fraction of sp³-hybridized carbons (Fsp3) is 0.190. The maximum absolute atomic E-state index is 10.1. The number of para-hydroxylation sites is 1. The van der Waals surface area contributed by atoms with Crippen LogP contribution < -0.4 is 4.74 Å². The molecule has 0 fully saturated rings. The number of imidazole rings is 1. The van der Waals surface area contributed by atoms with E-state index in [0.29, 0.717) is 12.4 Å². The highest BCUT2D eigenvalue weighted by molar-refractivity contribution is 5.85. The second-order valence-corrected chi connectivity index (χ2v) is 6.28. The van der Waals surface area contributed by atoms with E-state index in [0.717, 1.165) is 16.8 Å². The van der Waals surface area contributed by atoms with Gasteiger partial charge in [0, 0.05) is 34.6 Å². The van der Waals surface area contributed by atoms with Crippen LogP contribution in [0.25, 0.3) is 10.9 Å². The number of nitrogens with zero attached hydrogens (tertiary/aromatic N) is 2. The van der Waals surface area contributed by atoms with E-state index in [1.807, 2.05) is 43.7 Å². The maximum Gasteiger partial charge on any atom is 0.161 e. The van der Waals surface area contributed by atoms with Gasteiger partial charge in [-0.1, -0.05) is 24.3 Å². The molecular formula is C21H21N3O2. The van der Waals surface area contributed by atoms with Gasteiger partial charge in [-0.2, -0.15) is 0 Å². The predicted molar refractivity (Wildman–Crippen MR) is 102 cm³/mol. The first-order valence-electron chi connectivity index (χ1n) is 8.69. The summed E-state index contributed by atoms with van der Waals surface area (Å²) in [5.41, 5.74) is 4.42. The summed E-state index contributed by atoms with van der Waals surface area (Å²) in [6, 6.07) is 13.7. The molecule has 1 unspecified atom stereocenters. The van der Waals surface area contributed by atoms with Crippen molar-refractivity contribution in [3.8, 4) is 11.5 Å². The van der Waals surface area contributed by atoms with Crippen LogP contribution in [0.3, 0.4) is 0 Å². The van der Waals surface area contributed by atoms with Gasteiger partial charge in [0.2, 0.25) is 0 Å². The van der Waals surface area contributed by atoms with Crippen LogP contribution in [-0.4, -0.2) is 26.2 Å². The summed E-state index contributed by atoms with van der Waals surface area (Å²) >= 11 is 0. The summed E-state index contributed by atoms with van der Waals surface area (Å²) < 4.78 is 7.67. The molecule has 2 N–H and O–H groups in total. The third kappa shape index (κ3) is 2.71. The summed E-state index contributed by atoms with van der Waals surface area (Å²) in [6.45, 7) is 4.49.